The molecule has 0 amide bonds. The van der Waals surface area contributed by atoms with Crippen LogP contribution in [0.2, 0.25) is 0 Å². The standard InChI is InChI=1S/C26H24P2.2C24H16NO.2Pt/c1-5-13-23(14-6-1)27(24-15-7-2-8-16-24)21-22-28(25-17-9-3-10-18-25)26-19-11-4-12-20-26;2*26-24(23-16-8-15-22(25-23)17-9-2-1-3-10-17)20-13-6-4-11-18(20)19-12-5-7-14-21(19)24;;/h1-20H,21-22H2;2*1-9,11-16,26H;;/q;2*-1;;/p+2. The Morgan fingerprint density at radius 2 is 0.561 bits per heavy atom. The van der Waals surface area contributed by atoms with Gasteiger partial charge < -0.3 is 10.2 Å². The number of aliphatic hydroxyl groups is 2. The first-order valence-electron chi connectivity index (χ1n) is 27.1. The van der Waals surface area contributed by atoms with Gasteiger partial charge in [0, 0.05) is 64.4 Å². The quantitative estimate of drug-likeness (QED) is 0.100. The van der Waals surface area contributed by atoms with E-state index < -0.39 is 27.0 Å². The number of benzene rings is 10. The first-order valence-corrected chi connectivity index (χ1v) is 30.6. The van der Waals surface area contributed by atoms with E-state index in [1.165, 1.54) is 33.5 Å². The van der Waals surface area contributed by atoms with Gasteiger partial charge in [-0.3, -0.25) is 9.97 Å². The second-order valence-corrected chi connectivity index (χ2v) is 25.1. The summed E-state index contributed by atoms with van der Waals surface area (Å²) >= 11 is 0. The predicted molar refractivity (Wildman–Crippen MR) is 336 cm³/mol. The van der Waals surface area contributed by atoms with Crippen molar-refractivity contribution in [1.82, 2.24) is 9.97 Å². The first kappa shape index (κ1) is 57.9. The van der Waals surface area contributed by atoms with Crippen molar-refractivity contribution in [2.24, 2.45) is 0 Å². The predicted octanol–water partition coefficient (Wildman–Crippen LogP) is 14.3. The Hall–Kier alpha value is -7.34. The molecule has 2 N–H and O–H groups in total. The Morgan fingerprint density at radius 1 is 0.293 bits per heavy atom. The van der Waals surface area contributed by atoms with Crippen LogP contribution in [-0.2, 0) is 53.3 Å². The molecule has 8 heteroatoms. The van der Waals surface area contributed by atoms with Crippen LogP contribution in [0.4, 0.5) is 0 Å². The molecule has 0 fully saturated rings. The molecule has 2 aliphatic rings. The number of hydrogen-bond acceptors (Lipinski definition) is 4. The smallest absolute Gasteiger partial charge is 0.157 e. The molecule has 0 bridgehead atoms. The van der Waals surface area contributed by atoms with Gasteiger partial charge in [0.2, 0.25) is 0 Å². The van der Waals surface area contributed by atoms with E-state index in [0.29, 0.717) is 11.4 Å². The van der Waals surface area contributed by atoms with Crippen LogP contribution in [0.1, 0.15) is 33.6 Å². The van der Waals surface area contributed by atoms with Gasteiger partial charge in [0.15, 0.2) is 11.2 Å². The van der Waals surface area contributed by atoms with Crippen molar-refractivity contribution in [2.45, 2.75) is 11.2 Å². The van der Waals surface area contributed by atoms with E-state index in [9.17, 15) is 10.2 Å². The van der Waals surface area contributed by atoms with E-state index in [0.717, 1.165) is 67.0 Å². The van der Waals surface area contributed by atoms with Crippen LogP contribution in [-0.4, -0.2) is 32.5 Å². The summed E-state index contributed by atoms with van der Waals surface area (Å²) in [7, 11) is -1.57. The summed E-state index contributed by atoms with van der Waals surface area (Å²) in [5.74, 6) is 0. The van der Waals surface area contributed by atoms with Crippen LogP contribution in [0.5, 0.6) is 0 Å². The maximum atomic E-state index is 11.9. The van der Waals surface area contributed by atoms with E-state index >= 15 is 0 Å². The van der Waals surface area contributed by atoms with Gasteiger partial charge in [0.1, 0.15) is 12.3 Å². The van der Waals surface area contributed by atoms with E-state index in [1.807, 2.05) is 158 Å². The molecule has 0 saturated heterocycles. The van der Waals surface area contributed by atoms with Crippen molar-refractivity contribution in [3.05, 3.63) is 349 Å². The van der Waals surface area contributed by atoms with E-state index in [-0.39, 0.29) is 42.1 Å². The Balaban J connectivity index is 0.000000136. The Kier molecular flexibility index (Phi) is 18.9. The van der Waals surface area contributed by atoms with Gasteiger partial charge >= 0.3 is 0 Å². The van der Waals surface area contributed by atoms with Crippen LogP contribution < -0.4 is 21.2 Å². The molecule has 10 aromatic carbocycles. The Labute approximate surface area is 512 Å². The minimum atomic E-state index is -1.25. The van der Waals surface area contributed by atoms with Crippen LogP contribution in [0, 0.1) is 12.1 Å². The van der Waals surface area contributed by atoms with Gasteiger partial charge in [-0.05, 0) is 94.3 Å². The zero-order valence-corrected chi connectivity index (χ0v) is 51.2. The first-order chi connectivity index (χ1) is 39.5. The molecule has 0 aliphatic heterocycles. The molecule has 0 radical (unpaired) electrons. The molecular weight excluding hydrogens is 1400 g/mol. The van der Waals surface area contributed by atoms with Gasteiger partial charge in [-0.25, -0.2) is 0 Å². The fraction of sp³-hybridized carbons (Fsp3) is 0.0541. The summed E-state index contributed by atoms with van der Waals surface area (Å²) in [6.07, 6.45) is 2.52. The average molecular weight is 1460 g/mol. The van der Waals surface area contributed by atoms with Crippen LogP contribution in [0.15, 0.2) is 303 Å². The molecule has 12 aromatic rings. The molecule has 4 nitrogen and oxygen atoms in total. The Bertz CT molecular complexity index is 3580. The van der Waals surface area contributed by atoms with Gasteiger partial charge in [-0.15, -0.1) is 71.8 Å². The molecule has 0 spiro atoms. The third-order valence-electron chi connectivity index (χ3n) is 15.2. The van der Waals surface area contributed by atoms with Crippen LogP contribution >= 0.6 is 15.8 Å². The van der Waals surface area contributed by atoms with Crippen molar-refractivity contribution >= 4 is 37.1 Å². The number of fused-ring (bicyclic) bond motifs is 6. The second kappa shape index (κ2) is 26.7. The minimum absolute atomic E-state index is 0. The monoisotopic (exact) mass is 1460 g/mol. The third kappa shape index (κ3) is 11.8. The summed E-state index contributed by atoms with van der Waals surface area (Å²) in [5, 5.41) is 29.8. The van der Waals surface area contributed by atoms with Crippen molar-refractivity contribution in [2.75, 3.05) is 12.3 Å². The maximum absolute atomic E-state index is 11.9. The summed E-state index contributed by atoms with van der Waals surface area (Å²) in [6, 6.07) is 110. The zero-order chi connectivity index (χ0) is 54.1. The molecule has 0 atom stereocenters. The third-order valence-corrected chi connectivity index (χ3v) is 21.3. The fourth-order valence-corrected chi connectivity index (χ4v) is 17.6. The SMILES string of the molecule is OC1(c2cccc(-c3[c-]cccc3)n2)c2ccccc2-c2ccccc21.OC1(c2cccc(-c3[c-]cccc3)n2)c2ccccc2-c2ccccc21.[Pt].[Pt].c1ccc([PH+](CC[PH+](c2ccccc2)c2ccccc2)c2ccccc2)cc1. The number of hydrogen-bond donors (Lipinski definition) is 2. The number of rotatable bonds is 11. The van der Waals surface area contributed by atoms with Crippen molar-refractivity contribution in [1.29, 1.82) is 0 Å². The summed E-state index contributed by atoms with van der Waals surface area (Å²) < 4.78 is 0. The van der Waals surface area contributed by atoms with E-state index in [2.05, 4.69) is 158 Å². The largest absolute Gasteiger partial charge is 0.374 e. The fourth-order valence-electron chi connectivity index (χ4n) is 11.4. The summed E-state index contributed by atoms with van der Waals surface area (Å²) in [4.78, 5) is 9.63. The van der Waals surface area contributed by atoms with Gasteiger partial charge in [-0.1, -0.05) is 194 Å². The molecule has 2 aliphatic carbocycles. The second-order valence-electron chi connectivity index (χ2n) is 19.9. The number of nitrogens with zero attached hydrogens (tertiary/aromatic N) is 2. The minimum Gasteiger partial charge on any atom is -0.374 e. The number of aromatic nitrogens is 2. The number of pyridine rings is 2. The van der Waals surface area contributed by atoms with Gasteiger partial charge in [0.05, 0.1) is 48.4 Å². The average Bonchev–Trinajstić information content (AvgIpc) is 3.40. The molecule has 2 aromatic heterocycles. The molecule has 2 heterocycles. The zero-order valence-electron chi connectivity index (χ0n) is 44.7. The van der Waals surface area contributed by atoms with E-state index in [1.54, 1.807) is 0 Å². The normalized spacial score (nSPS) is 12.6. The van der Waals surface area contributed by atoms with Crippen LogP contribution in [0.3, 0.4) is 0 Å². The summed E-state index contributed by atoms with van der Waals surface area (Å²) in [6.45, 7) is 0. The molecule has 82 heavy (non-hydrogen) atoms. The van der Waals surface area contributed by atoms with Crippen LogP contribution in [0.25, 0.3) is 44.8 Å². The van der Waals surface area contributed by atoms with Crippen molar-refractivity contribution in [3.8, 4) is 44.8 Å². The van der Waals surface area contributed by atoms with E-state index in [4.69, 9.17) is 9.97 Å². The molecular formula is C74H58N2O2P2Pt2. The maximum Gasteiger partial charge on any atom is 0.157 e. The Morgan fingerprint density at radius 3 is 0.841 bits per heavy atom. The summed E-state index contributed by atoms with van der Waals surface area (Å²) in [5.41, 5.74) is 9.94. The molecule has 406 valence electrons. The molecule has 14 rings (SSSR count). The topological polar surface area (TPSA) is 66.2 Å². The van der Waals surface area contributed by atoms with Crippen molar-refractivity contribution < 1.29 is 52.3 Å². The van der Waals surface area contributed by atoms with Crippen molar-refractivity contribution in [3.63, 3.8) is 0 Å². The van der Waals surface area contributed by atoms with Gasteiger partial charge in [0.25, 0.3) is 0 Å². The molecule has 0 unspecified atom stereocenters. The van der Waals surface area contributed by atoms with Gasteiger partial charge in [-0.2, -0.15) is 0 Å². The molecule has 0 saturated carbocycles.